The van der Waals surface area contributed by atoms with E-state index in [1.54, 1.807) is 19.9 Å². The van der Waals surface area contributed by atoms with Crippen LogP contribution in [0, 0.1) is 6.92 Å². The summed E-state index contributed by atoms with van der Waals surface area (Å²) in [6, 6.07) is 1.64. The molecule has 1 aromatic rings. The van der Waals surface area contributed by atoms with Crippen LogP contribution in [0.3, 0.4) is 0 Å². The maximum absolute atomic E-state index is 11.6. The van der Waals surface area contributed by atoms with Crippen LogP contribution in [0.4, 0.5) is 5.88 Å². The van der Waals surface area contributed by atoms with E-state index in [2.05, 4.69) is 10.5 Å². The lowest BCUT2D eigenvalue weighted by molar-refractivity contribution is -0.120. The van der Waals surface area contributed by atoms with Crippen molar-refractivity contribution < 1.29 is 9.32 Å². The summed E-state index contributed by atoms with van der Waals surface area (Å²) in [5.41, 5.74) is 5.58. The summed E-state index contributed by atoms with van der Waals surface area (Å²) in [6.45, 7) is 5.30. The molecule has 3 N–H and O–H groups in total. The van der Waals surface area contributed by atoms with Gasteiger partial charge < -0.3 is 10.3 Å². The fraction of sp³-hybridized carbons (Fsp3) is 0.556. The Morgan fingerprint density at radius 2 is 2.43 bits per heavy atom. The summed E-state index contributed by atoms with van der Waals surface area (Å²) in [7, 11) is 0. The van der Waals surface area contributed by atoms with Crippen molar-refractivity contribution in [2.45, 2.75) is 32.7 Å². The molecule has 1 atom stereocenters. The molecule has 1 aromatic heterocycles. The smallest absolute Gasteiger partial charge is 0.246 e. The molecule has 14 heavy (non-hydrogen) atoms. The van der Waals surface area contributed by atoms with Gasteiger partial charge in [-0.25, -0.2) is 0 Å². The van der Waals surface area contributed by atoms with Crippen molar-refractivity contribution in [3.63, 3.8) is 0 Å². The van der Waals surface area contributed by atoms with E-state index in [0.717, 1.165) is 5.69 Å². The predicted octanol–water partition coefficient (Wildman–Crippen LogP) is 1.05. The first-order chi connectivity index (χ1) is 6.45. The number of hydrogen-bond donors (Lipinski definition) is 2. The zero-order valence-corrected chi connectivity index (χ0v) is 8.63. The molecular weight excluding hydrogens is 182 g/mol. The quantitative estimate of drug-likeness (QED) is 0.758. The minimum atomic E-state index is -0.874. The minimum absolute atomic E-state index is 0.267. The molecule has 0 bridgehead atoms. The maximum atomic E-state index is 11.6. The molecule has 0 radical (unpaired) electrons. The molecule has 78 valence electrons. The van der Waals surface area contributed by atoms with Crippen molar-refractivity contribution in [2.24, 2.45) is 5.73 Å². The van der Waals surface area contributed by atoms with E-state index in [1.807, 2.05) is 6.92 Å². The highest BCUT2D eigenvalue weighted by Gasteiger charge is 2.26. The minimum Gasteiger partial charge on any atom is -0.338 e. The molecule has 0 spiro atoms. The van der Waals surface area contributed by atoms with Crippen molar-refractivity contribution in [1.29, 1.82) is 0 Å². The third-order valence-corrected chi connectivity index (χ3v) is 2.12. The number of rotatable bonds is 3. The number of carbonyl (C=O) groups excluding carboxylic acids is 1. The normalized spacial score (nSPS) is 14.9. The molecule has 0 saturated heterocycles. The lowest BCUT2D eigenvalue weighted by Gasteiger charge is -2.20. The van der Waals surface area contributed by atoms with Crippen LogP contribution in [0.15, 0.2) is 10.6 Å². The van der Waals surface area contributed by atoms with Crippen LogP contribution >= 0.6 is 0 Å². The van der Waals surface area contributed by atoms with Crippen molar-refractivity contribution in [3.05, 3.63) is 11.8 Å². The van der Waals surface area contributed by atoms with E-state index in [4.69, 9.17) is 10.3 Å². The van der Waals surface area contributed by atoms with Crippen LogP contribution in [0.25, 0.3) is 0 Å². The van der Waals surface area contributed by atoms with Gasteiger partial charge in [-0.05, 0) is 20.3 Å². The zero-order valence-electron chi connectivity index (χ0n) is 8.63. The van der Waals surface area contributed by atoms with Gasteiger partial charge in [0.2, 0.25) is 11.8 Å². The molecule has 0 aromatic carbocycles. The number of nitrogens with one attached hydrogen (secondary N) is 1. The number of amides is 1. The molecule has 1 heterocycles. The molecule has 0 aliphatic rings. The van der Waals surface area contributed by atoms with Gasteiger partial charge >= 0.3 is 0 Å². The van der Waals surface area contributed by atoms with Gasteiger partial charge in [-0.2, -0.15) is 0 Å². The van der Waals surface area contributed by atoms with Crippen LogP contribution in [0.2, 0.25) is 0 Å². The number of hydrogen-bond acceptors (Lipinski definition) is 4. The molecule has 0 saturated carbocycles. The second kappa shape index (κ2) is 3.79. The summed E-state index contributed by atoms with van der Waals surface area (Å²) in [5.74, 6) is 0.0637. The number of aryl methyl sites for hydroxylation is 1. The van der Waals surface area contributed by atoms with Crippen LogP contribution in [0.1, 0.15) is 26.0 Å². The van der Waals surface area contributed by atoms with Crippen LogP contribution < -0.4 is 11.1 Å². The second-order valence-electron chi connectivity index (χ2n) is 3.56. The Bertz CT molecular complexity index is 331. The molecule has 5 heteroatoms. The third-order valence-electron chi connectivity index (χ3n) is 2.12. The number of carbonyl (C=O) groups is 1. The summed E-state index contributed by atoms with van der Waals surface area (Å²) >= 11 is 0. The highest BCUT2D eigenvalue weighted by atomic mass is 16.5. The fourth-order valence-electron chi connectivity index (χ4n) is 0.838. The van der Waals surface area contributed by atoms with Crippen LogP contribution in [0.5, 0.6) is 0 Å². The lowest BCUT2D eigenvalue weighted by Crippen LogP contribution is -2.47. The first-order valence-corrected chi connectivity index (χ1v) is 4.49. The van der Waals surface area contributed by atoms with Gasteiger partial charge in [0, 0.05) is 6.07 Å². The Balaban J connectivity index is 2.66. The Morgan fingerprint density at radius 3 is 2.86 bits per heavy atom. The van der Waals surface area contributed by atoms with Crippen LogP contribution in [-0.4, -0.2) is 16.6 Å². The molecule has 1 unspecified atom stereocenters. The lowest BCUT2D eigenvalue weighted by atomic mass is 10.00. The van der Waals surface area contributed by atoms with E-state index in [-0.39, 0.29) is 5.91 Å². The van der Waals surface area contributed by atoms with Crippen molar-refractivity contribution in [2.75, 3.05) is 5.32 Å². The number of nitrogens with zero attached hydrogens (tertiary/aromatic N) is 1. The Hall–Kier alpha value is -1.36. The van der Waals surface area contributed by atoms with E-state index in [0.29, 0.717) is 12.3 Å². The average Bonchev–Trinajstić information content (AvgIpc) is 2.51. The standard InChI is InChI=1S/C9H15N3O2/c1-4-9(3,10)8(13)11-7-5-6(2)12-14-7/h5H,4,10H2,1-3H3,(H,11,13). The topological polar surface area (TPSA) is 81.2 Å². The molecule has 0 fully saturated rings. The molecule has 1 amide bonds. The molecule has 0 aliphatic heterocycles. The van der Waals surface area contributed by atoms with Gasteiger partial charge in [0.1, 0.15) is 0 Å². The second-order valence-corrected chi connectivity index (χ2v) is 3.56. The SMILES string of the molecule is CCC(C)(N)C(=O)Nc1cc(C)no1. The molecular formula is C9H15N3O2. The first kappa shape index (κ1) is 10.7. The van der Waals surface area contributed by atoms with Gasteiger partial charge in [0.25, 0.3) is 0 Å². The highest BCUT2D eigenvalue weighted by molar-refractivity contribution is 5.96. The van der Waals surface area contributed by atoms with E-state index in [1.165, 1.54) is 0 Å². The fourth-order valence-corrected chi connectivity index (χ4v) is 0.838. The van der Waals surface area contributed by atoms with Crippen molar-refractivity contribution >= 4 is 11.8 Å². The third kappa shape index (κ3) is 2.32. The summed E-state index contributed by atoms with van der Waals surface area (Å²) in [5, 5.41) is 6.21. The Kier molecular flexibility index (Phi) is 2.90. The zero-order chi connectivity index (χ0) is 10.8. The average molecular weight is 197 g/mol. The van der Waals surface area contributed by atoms with E-state index in [9.17, 15) is 4.79 Å². The van der Waals surface area contributed by atoms with Crippen LogP contribution in [-0.2, 0) is 4.79 Å². The van der Waals surface area contributed by atoms with E-state index < -0.39 is 5.54 Å². The molecule has 1 rings (SSSR count). The van der Waals surface area contributed by atoms with Crippen molar-refractivity contribution in [3.8, 4) is 0 Å². The largest absolute Gasteiger partial charge is 0.338 e. The van der Waals surface area contributed by atoms with Gasteiger partial charge in [-0.1, -0.05) is 12.1 Å². The van der Waals surface area contributed by atoms with Gasteiger partial charge in [0.15, 0.2) is 0 Å². The predicted molar refractivity (Wildman–Crippen MR) is 52.8 cm³/mol. The first-order valence-electron chi connectivity index (χ1n) is 4.49. The molecule has 5 nitrogen and oxygen atoms in total. The van der Waals surface area contributed by atoms with E-state index >= 15 is 0 Å². The van der Waals surface area contributed by atoms with Gasteiger partial charge in [-0.3, -0.25) is 10.1 Å². The summed E-state index contributed by atoms with van der Waals surface area (Å²) in [4.78, 5) is 11.6. The maximum Gasteiger partial charge on any atom is 0.246 e. The van der Waals surface area contributed by atoms with Crippen molar-refractivity contribution in [1.82, 2.24) is 5.16 Å². The monoisotopic (exact) mass is 197 g/mol. The highest BCUT2D eigenvalue weighted by Crippen LogP contribution is 2.12. The summed E-state index contributed by atoms with van der Waals surface area (Å²) in [6.07, 6.45) is 0.561. The Morgan fingerprint density at radius 1 is 1.79 bits per heavy atom. The summed E-state index contributed by atoms with van der Waals surface area (Å²) < 4.78 is 4.84. The number of anilines is 1. The number of nitrogens with two attached hydrogens (primary N) is 1. The Labute approximate surface area is 82.6 Å². The molecule has 0 aliphatic carbocycles. The number of aromatic nitrogens is 1. The van der Waals surface area contributed by atoms with Gasteiger partial charge in [-0.15, -0.1) is 0 Å². The van der Waals surface area contributed by atoms with Gasteiger partial charge in [0.05, 0.1) is 11.2 Å².